The van der Waals surface area contributed by atoms with Crippen molar-refractivity contribution in [1.29, 1.82) is 0 Å². The zero-order valence-electron chi connectivity index (χ0n) is 13.6. The summed E-state index contributed by atoms with van der Waals surface area (Å²) in [5.41, 5.74) is -0.304. The minimum atomic E-state index is -0.558. The lowest BCUT2D eigenvalue weighted by Gasteiger charge is -2.29. The van der Waals surface area contributed by atoms with Gasteiger partial charge in [-0.25, -0.2) is 8.78 Å². The predicted octanol–water partition coefficient (Wildman–Crippen LogP) is 3.06. The molecule has 2 atom stereocenters. The van der Waals surface area contributed by atoms with Crippen LogP contribution in [0.3, 0.4) is 0 Å². The number of halogens is 2. The van der Waals surface area contributed by atoms with Gasteiger partial charge >= 0.3 is 5.97 Å². The summed E-state index contributed by atoms with van der Waals surface area (Å²) in [6, 6.07) is 3.32. The van der Waals surface area contributed by atoms with Gasteiger partial charge in [-0.15, -0.1) is 0 Å². The molecule has 1 aromatic carbocycles. The summed E-state index contributed by atoms with van der Waals surface area (Å²) in [7, 11) is 1.33. The first-order valence-electron chi connectivity index (χ1n) is 8.28. The normalized spacial score (nSPS) is 24.5. The number of hydrogen-bond acceptors (Lipinski definition) is 3. The predicted molar refractivity (Wildman–Crippen MR) is 83.2 cm³/mol. The van der Waals surface area contributed by atoms with E-state index in [-0.39, 0.29) is 35.7 Å². The van der Waals surface area contributed by atoms with Crippen molar-refractivity contribution in [2.45, 2.75) is 50.0 Å². The highest BCUT2D eigenvalue weighted by Gasteiger charge is 2.48. The maximum absolute atomic E-state index is 13.8. The van der Waals surface area contributed by atoms with E-state index in [4.69, 9.17) is 4.74 Å². The molecule has 0 saturated heterocycles. The number of ether oxygens (including phenoxy) is 1. The Morgan fingerprint density at radius 2 is 2.00 bits per heavy atom. The molecule has 1 aromatic rings. The van der Waals surface area contributed by atoms with Gasteiger partial charge in [-0.3, -0.25) is 9.59 Å². The molecule has 0 radical (unpaired) electrons. The Kier molecular flexibility index (Phi) is 4.56. The van der Waals surface area contributed by atoms with Crippen LogP contribution in [0.15, 0.2) is 18.2 Å². The molecule has 0 unspecified atom stereocenters. The van der Waals surface area contributed by atoms with Gasteiger partial charge < -0.3 is 10.1 Å². The highest BCUT2D eigenvalue weighted by atomic mass is 19.1. The number of amides is 1. The van der Waals surface area contributed by atoms with E-state index in [1.807, 2.05) is 0 Å². The van der Waals surface area contributed by atoms with Crippen LogP contribution >= 0.6 is 0 Å². The summed E-state index contributed by atoms with van der Waals surface area (Å²) in [5, 5.41) is 3.00. The maximum Gasteiger partial charge on any atom is 0.307 e. The van der Waals surface area contributed by atoms with E-state index < -0.39 is 17.2 Å². The second kappa shape index (κ2) is 6.49. The smallest absolute Gasteiger partial charge is 0.307 e. The minimum absolute atomic E-state index is 0.154. The molecule has 0 aromatic heterocycles. The van der Waals surface area contributed by atoms with Crippen LogP contribution in [-0.2, 0) is 14.3 Å². The topological polar surface area (TPSA) is 55.4 Å². The maximum atomic E-state index is 13.8. The molecule has 2 aliphatic carbocycles. The molecule has 2 aliphatic rings. The number of benzene rings is 1. The summed E-state index contributed by atoms with van der Waals surface area (Å²) in [6.07, 6.45) is 4.02. The molecule has 1 N–H and O–H groups in total. The molecule has 3 rings (SSSR count). The third kappa shape index (κ3) is 3.42. The largest absolute Gasteiger partial charge is 0.469 e. The second-order valence-electron chi connectivity index (χ2n) is 6.84. The molecule has 1 amide bonds. The van der Waals surface area contributed by atoms with Crippen LogP contribution in [0.1, 0.15) is 50.0 Å². The molecular weight excluding hydrogens is 316 g/mol. The van der Waals surface area contributed by atoms with Crippen LogP contribution in [0.25, 0.3) is 0 Å². The first kappa shape index (κ1) is 16.9. The first-order valence-corrected chi connectivity index (χ1v) is 8.28. The van der Waals surface area contributed by atoms with Crippen molar-refractivity contribution < 1.29 is 23.1 Å². The Morgan fingerprint density at radius 1 is 1.29 bits per heavy atom. The number of carbonyl (C=O) groups is 2. The van der Waals surface area contributed by atoms with E-state index in [2.05, 4.69) is 5.32 Å². The second-order valence-corrected chi connectivity index (χ2v) is 6.84. The van der Waals surface area contributed by atoms with Gasteiger partial charge in [-0.2, -0.15) is 0 Å². The van der Waals surface area contributed by atoms with Crippen LogP contribution in [0.5, 0.6) is 0 Å². The highest BCUT2D eigenvalue weighted by molar-refractivity contribution is 5.84. The fourth-order valence-electron chi connectivity index (χ4n) is 3.73. The first-order chi connectivity index (χ1) is 11.4. The highest BCUT2D eigenvalue weighted by Crippen LogP contribution is 2.49. The molecule has 0 aliphatic heterocycles. The third-order valence-corrected chi connectivity index (χ3v) is 5.14. The van der Waals surface area contributed by atoms with Crippen LogP contribution in [0.2, 0.25) is 0 Å². The summed E-state index contributed by atoms with van der Waals surface area (Å²) >= 11 is 0. The number of nitrogens with one attached hydrogen (secondary N) is 1. The number of carbonyl (C=O) groups excluding carboxylic acids is 2. The van der Waals surface area contributed by atoms with Gasteiger partial charge in [0.05, 0.1) is 19.1 Å². The third-order valence-electron chi connectivity index (χ3n) is 5.14. The van der Waals surface area contributed by atoms with Crippen LogP contribution in [0, 0.1) is 17.6 Å². The van der Waals surface area contributed by atoms with Gasteiger partial charge in [0.1, 0.15) is 11.6 Å². The molecule has 2 fully saturated rings. The van der Waals surface area contributed by atoms with E-state index in [1.165, 1.54) is 7.11 Å². The van der Waals surface area contributed by atoms with Gasteiger partial charge in [0.15, 0.2) is 0 Å². The SMILES string of the molecule is COC(=O)CC1(NC(=O)[C@H]2C[C@H]2c2cc(F)ccc2F)CCCC1. The molecule has 0 bridgehead atoms. The molecule has 24 heavy (non-hydrogen) atoms. The minimum Gasteiger partial charge on any atom is -0.469 e. The molecule has 130 valence electrons. The molecule has 4 nitrogen and oxygen atoms in total. The summed E-state index contributed by atoms with van der Waals surface area (Å²) in [4.78, 5) is 24.2. The lowest BCUT2D eigenvalue weighted by molar-refractivity contribution is -0.142. The van der Waals surface area contributed by atoms with Gasteiger partial charge in [0, 0.05) is 5.92 Å². The molecule has 2 saturated carbocycles. The Balaban J connectivity index is 1.67. The standard InChI is InChI=1S/C18H21F2NO3/c1-24-16(22)10-18(6-2-3-7-18)21-17(23)14-9-12(14)13-8-11(19)4-5-15(13)20/h4-5,8,12,14H,2-3,6-7,9-10H2,1H3,(H,21,23)/t12-,14-/m0/s1. The van der Waals surface area contributed by atoms with Gasteiger partial charge in [0.25, 0.3) is 0 Å². The molecule has 6 heteroatoms. The van der Waals surface area contributed by atoms with Gasteiger partial charge in [-0.1, -0.05) is 12.8 Å². The van der Waals surface area contributed by atoms with Crippen molar-refractivity contribution in [3.63, 3.8) is 0 Å². The number of rotatable bonds is 5. The lowest BCUT2D eigenvalue weighted by Crippen LogP contribution is -2.48. The van der Waals surface area contributed by atoms with E-state index >= 15 is 0 Å². The number of esters is 1. The fourth-order valence-corrected chi connectivity index (χ4v) is 3.73. The Labute approximate surface area is 139 Å². The van der Waals surface area contributed by atoms with Crippen LogP contribution in [-0.4, -0.2) is 24.5 Å². The van der Waals surface area contributed by atoms with Crippen molar-refractivity contribution in [3.8, 4) is 0 Å². The van der Waals surface area contributed by atoms with Crippen LogP contribution in [0.4, 0.5) is 8.78 Å². The fraction of sp³-hybridized carbons (Fsp3) is 0.556. The zero-order chi connectivity index (χ0) is 17.3. The van der Waals surface area contributed by atoms with E-state index in [1.54, 1.807) is 0 Å². The van der Waals surface area contributed by atoms with Gasteiger partial charge in [0.2, 0.25) is 5.91 Å². The Hall–Kier alpha value is -1.98. The van der Waals surface area contributed by atoms with Crippen molar-refractivity contribution in [2.24, 2.45) is 5.92 Å². The lowest BCUT2D eigenvalue weighted by atomic mass is 9.92. The average molecular weight is 337 g/mol. The van der Waals surface area contributed by atoms with E-state index in [9.17, 15) is 18.4 Å². The van der Waals surface area contributed by atoms with E-state index in [0.29, 0.717) is 6.42 Å². The monoisotopic (exact) mass is 337 g/mol. The summed E-state index contributed by atoms with van der Waals surface area (Å²) in [5.74, 6) is -2.18. The van der Waals surface area contributed by atoms with Crippen LogP contribution < -0.4 is 5.32 Å². The van der Waals surface area contributed by atoms with Gasteiger partial charge in [-0.05, 0) is 48.9 Å². The zero-order valence-corrected chi connectivity index (χ0v) is 13.6. The molecule has 0 spiro atoms. The summed E-state index contributed by atoms with van der Waals surface area (Å²) < 4.78 is 31.9. The Morgan fingerprint density at radius 3 is 2.67 bits per heavy atom. The quantitative estimate of drug-likeness (QED) is 0.840. The molecular formula is C18H21F2NO3. The van der Waals surface area contributed by atoms with Crippen molar-refractivity contribution in [3.05, 3.63) is 35.4 Å². The average Bonchev–Trinajstić information content (AvgIpc) is 3.23. The number of methoxy groups -OCH3 is 1. The Bertz CT molecular complexity index is 656. The van der Waals surface area contributed by atoms with Crippen molar-refractivity contribution in [2.75, 3.05) is 7.11 Å². The molecule has 0 heterocycles. The van der Waals surface area contributed by atoms with Crippen molar-refractivity contribution >= 4 is 11.9 Å². The summed E-state index contributed by atoms with van der Waals surface area (Å²) in [6.45, 7) is 0. The van der Waals surface area contributed by atoms with Crippen molar-refractivity contribution in [1.82, 2.24) is 5.32 Å². The number of hydrogen-bond donors (Lipinski definition) is 1. The van der Waals surface area contributed by atoms with E-state index in [0.717, 1.165) is 43.9 Å².